The summed E-state index contributed by atoms with van der Waals surface area (Å²) in [5, 5.41) is 15.0. The van der Waals surface area contributed by atoms with Gasteiger partial charge in [-0.15, -0.1) is 11.3 Å². The first kappa shape index (κ1) is 15.7. The second-order valence-electron chi connectivity index (χ2n) is 6.19. The standard InChI is InChI=1S/C15H24N4O2S/c1-11-10-22-14(16-11)17-15(21)19-7-3-4-12(19)8-18-6-2-5-13(18)9-20/h10,12-13,20H,2-9H2,1H3,(H,16,17,21). The van der Waals surface area contributed by atoms with Gasteiger partial charge in [-0.05, 0) is 39.2 Å². The molecule has 1 aromatic heterocycles. The number of urea groups is 1. The summed E-state index contributed by atoms with van der Waals surface area (Å²) in [7, 11) is 0. The third kappa shape index (κ3) is 3.42. The predicted octanol–water partition coefficient (Wildman–Crippen LogP) is 1.90. The van der Waals surface area contributed by atoms with E-state index in [1.54, 1.807) is 0 Å². The van der Waals surface area contributed by atoms with Crippen LogP contribution in [0.3, 0.4) is 0 Å². The molecule has 22 heavy (non-hydrogen) atoms. The van der Waals surface area contributed by atoms with Crippen LogP contribution in [0.4, 0.5) is 9.93 Å². The molecular formula is C15H24N4O2S. The fourth-order valence-corrected chi connectivity index (χ4v) is 4.16. The number of amides is 2. The van der Waals surface area contributed by atoms with Gasteiger partial charge in [-0.25, -0.2) is 9.78 Å². The molecule has 2 amide bonds. The highest BCUT2D eigenvalue weighted by Gasteiger charge is 2.33. The van der Waals surface area contributed by atoms with Crippen molar-refractivity contribution in [1.82, 2.24) is 14.8 Å². The van der Waals surface area contributed by atoms with Crippen LogP contribution in [-0.2, 0) is 0 Å². The zero-order chi connectivity index (χ0) is 15.5. The molecule has 2 saturated heterocycles. The van der Waals surface area contributed by atoms with Crippen LogP contribution in [0, 0.1) is 6.92 Å². The molecule has 2 unspecified atom stereocenters. The minimum absolute atomic E-state index is 0.0448. The van der Waals surface area contributed by atoms with Gasteiger partial charge in [0, 0.05) is 30.6 Å². The van der Waals surface area contributed by atoms with Crippen LogP contribution in [0.5, 0.6) is 0 Å². The van der Waals surface area contributed by atoms with E-state index in [0.717, 1.165) is 51.0 Å². The Labute approximate surface area is 135 Å². The largest absolute Gasteiger partial charge is 0.395 e. The van der Waals surface area contributed by atoms with Gasteiger partial charge in [-0.1, -0.05) is 0 Å². The van der Waals surface area contributed by atoms with E-state index >= 15 is 0 Å². The van der Waals surface area contributed by atoms with Crippen molar-refractivity contribution < 1.29 is 9.90 Å². The maximum Gasteiger partial charge on any atom is 0.323 e. The van der Waals surface area contributed by atoms with E-state index in [2.05, 4.69) is 15.2 Å². The van der Waals surface area contributed by atoms with Crippen LogP contribution >= 0.6 is 11.3 Å². The molecule has 6 nitrogen and oxygen atoms in total. The smallest absolute Gasteiger partial charge is 0.323 e. The maximum absolute atomic E-state index is 12.5. The van der Waals surface area contributed by atoms with Crippen LogP contribution in [0.1, 0.15) is 31.4 Å². The number of carbonyl (C=O) groups is 1. The predicted molar refractivity (Wildman–Crippen MR) is 87.3 cm³/mol. The zero-order valence-corrected chi connectivity index (χ0v) is 13.8. The number of aliphatic hydroxyl groups is 1. The Kier molecular flexibility index (Phi) is 4.95. The maximum atomic E-state index is 12.5. The van der Waals surface area contributed by atoms with Gasteiger partial charge < -0.3 is 10.0 Å². The minimum atomic E-state index is -0.0448. The van der Waals surface area contributed by atoms with Gasteiger partial charge in [-0.2, -0.15) is 0 Å². The van der Waals surface area contributed by atoms with E-state index < -0.39 is 0 Å². The van der Waals surface area contributed by atoms with Crippen molar-refractivity contribution in [3.8, 4) is 0 Å². The minimum Gasteiger partial charge on any atom is -0.395 e. The van der Waals surface area contributed by atoms with Crippen molar-refractivity contribution >= 4 is 22.5 Å². The number of aromatic nitrogens is 1. The van der Waals surface area contributed by atoms with Gasteiger partial charge in [0.25, 0.3) is 0 Å². The van der Waals surface area contributed by atoms with Gasteiger partial charge in [0.2, 0.25) is 0 Å². The molecule has 1 aromatic rings. The van der Waals surface area contributed by atoms with Crippen LogP contribution in [0.25, 0.3) is 0 Å². The van der Waals surface area contributed by atoms with Crippen LogP contribution in [0.2, 0.25) is 0 Å². The van der Waals surface area contributed by atoms with Gasteiger partial charge in [0.1, 0.15) is 0 Å². The molecule has 0 radical (unpaired) electrons. The number of rotatable bonds is 4. The number of thiazole rings is 1. The summed E-state index contributed by atoms with van der Waals surface area (Å²) in [6, 6.07) is 0.469. The summed E-state index contributed by atoms with van der Waals surface area (Å²) in [5.74, 6) is 0. The van der Waals surface area contributed by atoms with Crippen molar-refractivity contribution in [3.63, 3.8) is 0 Å². The molecule has 0 saturated carbocycles. The van der Waals surface area contributed by atoms with Gasteiger partial charge >= 0.3 is 6.03 Å². The van der Waals surface area contributed by atoms with Gasteiger partial charge in [0.05, 0.1) is 12.3 Å². The topological polar surface area (TPSA) is 68.7 Å². The summed E-state index contributed by atoms with van der Waals surface area (Å²) >= 11 is 1.46. The van der Waals surface area contributed by atoms with E-state index in [0.29, 0.717) is 5.13 Å². The highest BCUT2D eigenvalue weighted by Crippen LogP contribution is 2.24. The molecule has 0 aliphatic carbocycles. The molecule has 3 heterocycles. The second-order valence-corrected chi connectivity index (χ2v) is 7.05. The Morgan fingerprint density at radius 3 is 2.91 bits per heavy atom. The number of aliphatic hydroxyl groups excluding tert-OH is 1. The van der Waals surface area contributed by atoms with E-state index in [1.807, 2.05) is 17.2 Å². The lowest BCUT2D eigenvalue weighted by Crippen LogP contribution is -2.46. The SMILES string of the molecule is Cc1csc(NC(=O)N2CCCC2CN2CCCC2CO)n1. The van der Waals surface area contributed by atoms with Crippen molar-refractivity contribution in [2.75, 3.05) is 31.6 Å². The van der Waals surface area contributed by atoms with E-state index in [-0.39, 0.29) is 24.7 Å². The molecule has 2 aliphatic heterocycles. The number of carbonyl (C=O) groups excluding carboxylic acids is 1. The Hall–Kier alpha value is -1.18. The number of nitrogens with zero attached hydrogens (tertiary/aromatic N) is 3. The quantitative estimate of drug-likeness (QED) is 0.888. The number of anilines is 1. The molecule has 7 heteroatoms. The third-order valence-electron chi connectivity index (χ3n) is 4.63. The monoisotopic (exact) mass is 324 g/mol. The highest BCUT2D eigenvalue weighted by atomic mass is 32.1. The Balaban J connectivity index is 1.59. The molecule has 2 aliphatic rings. The lowest BCUT2D eigenvalue weighted by molar-refractivity contribution is 0.130. The average Bonchev–Trinajstić information content (AvgIpc) is 3.21. The summed E-state index contributed by atoms with van der Waals surface area (Å²) in [6.07, 6.45) is 4.29. The summed E-state index contributed by atoms with van der Waals surface area (Å²) < 4.78 is 0. The summed E-state index contributed by atoms with van der Waals surface area (Å²) in [4.78, 5) is 21.0. The van der Waals surface area contributed by atoms with Crippen LogP contribution in [-0.4, -0.2) is 64.2 Å². The summed E-state index contributed by atoms with van der Waals surface area (Å²) in [6.45, 7) is 4.85. The van der Waals surface area contributed by atoms with E-state index in [4.69, 9.17) is 0 Å². The molecule has 0 bridgehead atoms. The lowest BCUT2D eigenvalue weighted by Gasteiger charge is -2.31. The molecular weight excluding hydrogens is 300 g/mol. The zero-order valence-electron chi connectivity index (χ0n) is 13.0. The number of likely N-dealkylation sites (tertiary alicyclic amines) is 2. The van der Waals surface area contributed by atoms with Crippen LogP contribution < -0.4 is 5.32 Å². The molecule has 2 N–H and O–H groups in total. The first-order valence-electron chi connectivity index (χ1n) is 8.02. The normalized spacial score (nSPS) is 25.8. The molecule has 2 atom stereocenters. The highest BCUT2D eigenvalue weighted by molar-refractivity contribution is 7.13. The van der Waals surface area contributed by atoms with E-state index in [9.17, 15) is 9.90 Å². The van der Waals surface area contributed by atoms with E-state index in [1.165, 1.54) is 11.3 Å². The fourth-order valence-electron chi connectivity index (χ4n) is 3.48. The first-order chi connectivity index (χ1) is 10.7. The van der Waals surface area contributed by atoms with Crippen molar-refractivity contribution in [3.05, 3.63) is 11.1 Å². The Bertz CT molecular complexity index is 521. The fraction of sp³-hybridized carbons (Fsp3) is 0.733. The first-order valence-corrected chi connectivity index (χ1v) is 8.90. The Morgan fingerprint density at radius 1 is 1.41 bits per heavy atom. The molecule has 2 fully saturated rings. The number of hydrogen-bond acceptors (Lipinski definition) is 5. The molecule has 0 spiro atoms. The second kappa shape index (κ2) is 6.93. The molecule has 3 rings (SSSR count). The van der Waals surface area contributed by atoms with Gasteiger partial charge in [-0.3, -0.25) is 10.2 Å². The van der Waals surface area contributed by atoms with Crippen molar-refractivity contribution in [2.24, 2.45) is 0 Å². The molecule has 122 valence electrons. The van der Waals surface area contributed by atoms with Crippen LogP contribution in [0.15, 0.2) is 5.38 Å². The number of hydrogen-bond donors (Lipinski definition) is 2. The lowest BCUT2D eigenvalue weighted by atomic mass is 10.2. The van der Waals surface area contributed by atoms with Crippen molar-refractivity contribution in [1.29, 1.82) is 0 Å². The van der Waals surface area contributed by atoms with Gasteiger partial charge in [0.15, 0.2) is 5.13 Å². The third-order valence-corrected chi connectivity index (χ3v) is 5.50. The number of aryl methyl sites for hydroxylation is 1. The Morgan fingerprint density at radius 2 is 2.18 bits per heavy atom. The number of nitrogens with one attached hydrogen (secondary N) is 1. The van der Waals surface area contributed by atoms with Crippen molar-refractivity contribution in [2.45, 2.75) is 44.7 Å². The molecule has 0 aromatic carbocycles. The summed E-state index contributed by atoms with van der Waals surface area (Å²) in [5.41, 5.74) is 0.932. The average molecular weight is 324 g/mol.